The van der Waals surface area contributed by atoms with Crippen molar-refractivity contribution >= 4 is 5.95 Å². The number of likely N-dealkylation sites (tertiary alicyclic amines) is 2. The summed E-state index contributed by atoms with van der Waals surface area (Å²) in [5.41, 5.74) is 1.25. The minimum atomic E-state index is 0.582. The van der Waals surface area contributed by atoms with Crippen molar-refractivity contribution in [1.82, 2.24) is 24.7 Å². The maximum absolute atomic E-state index is 4.82. The Balaban J connectivity index is 1.29. The SMILES string of the molecule is CC(C)CN(C)C1CCN(Cc2cnc(N3C4CCC3CN(C(C)C)C4)nc2)CC1. The maximum atomic E-state index is 4.82. The molecule has 0 saturated carbocycles. The smallest absolute Gasteiger partial charge is 0.225 e. The highest BCUT2D eigenvalue weighted by Gasteiger charge is 2.41. The van der Waals surface area contributed by atoms with E-state index in [1.54, 1.807) is 0 Å². The van der Waals surface area contributed by atoms with Crippen LogP contribution in [0.5, 0.6) is 0 Å². The van der Waals surface area contributed by atoms with E-state index in [0.717, 1.165) is 37.5 Å². The third-order valence-corrected chi connectivity index (χ3v) is 7.40. The van der Waals surface area contributed by atoms with E-state index in [4.69, 9.17) is 9.97 Å². The Hall–Kier alpha value is -1.24. The van der Waals surface area contributed by atoms with Crippen molar-refractivity contribution in [2.75, 3.05) is 44.7 Å². The number of aromatic nitrogens is 2. The molecule has 1 aromatic heterocycles. The molecule has 3 fully saturated rings. The first-order chi connectivity index (χ1) is 14.4. The van der Waals surface area contributed by atoms with Crippen LogP contribution in [-0.4, -0.2) is 88.6 Å². The summed E-state index contributed by atoms with van der Waals surface area (Å²) in [7, 11) is 2.29. The third-order valence-electron chi connectivity index (χ3n) is 7.40. The van der Waals surface area contributed by atoms with Crippen LogP contribution in [0.4, 0.5) is 5.95 Å². The Morgan fingerprint density at radius 1 is 0.967 bits per heavy atom. The highest BCUT2D eigenvalue weighted by molar-refractivity contribution is 5.37. The van der Waals surface area contributed by atoms with Crippen molar-refractivity contribution in [3.05, 3.63) is 18.0 Å². The third kappa shape index (κ3) is 4.97. The summed E-state index contributed by atoms with van der Waals surface area (Å²) in [6.45, 7) is 16.1. The first kappa shape index (κ1) is 22.0. The minimum absolute atomic E-state index is 0.582. The molecule has 0 N–H and O–H groups in total. The number of anilines is 1. The monoisotopic (exact) mass is 414 g/mol. The average molecular weight is 415 g/mol. The van der Waals surface area contributed by atoms with Crippen LogP contribution < -0.4 is 4.90 Å². The molecule has 1 aromatic rings. The van der Waals surface area contributed by atoms with Crippen LogP contribution >= 0.6 is 0 Å². The molecule has 4 rings (SSSR count). The van der Waals surface area contributed by atoms with Gasteiger partial charge in [-0.15, -0.1) is 0 Å². The molecule has 168 valence electrons. The molecule has 30 heavy (non-hydrogen) atoms. The van der Waals surface area contributed by atoms with Gasteiger partial charge in [0, 0.05) is 68.3 Å². The number of piperidine rings is 1. The Morgan fingerprint density at radius 2 is 1.57 bits per heavy atom. The second kappa shape index (κ2) is 9.49. The van der Waals surface area contributed by atoms with Crippen LogP contribution in [0.25, 0.3) is 0 Å². The molecule has 0 radical (unpaired) electrons. The Labute approximate surface area is 183 Å². The van der Waals surface area contributed by atoms with E-state index in [1.807, 2.05) is 0 Å². The van der Waals surface area contributed by atoms with Crippen LogP contribution in [0.2, 0.25) is 0 Å². The van der Waals surface area contributed by atoms with Crippen LogP contribution in [0.3, 0.4) is 0 Å². The second-order valence-corrected chi connectivity index (χ2v) is 10.6. The van der Waals surface area contributed by atoms with Gasteiger partial charge in [-0.2, -0.15) is 0 Å². The molecule has 3 saturated heterocycles. The van der Waals surface area contributed by atoms with Gasteiger partial charge in [0.1, 0.15) is 0 Å². The summed E-state index contributed by atoms with van der Waals surface area (Å²) in [6, 6.07) is 2.54. The van der Waals surface area contributed by atoms with Crippen molar-refractivity contribution < 1.29 is 0 Å². The van der Waals surface area contributed by atoms with Gasteiger partial charge in [0.2, 0.25) is 5.95 Å². The molecule has 0 amide bonds. The topological polar surface area (TPSA) is 38.7 Å². The van der Waals surface area contributed by atoms with Crippen molar-refractivity contribution in [1.29, 1.82) is 0 Å². The summed E-state index contributed by atoms with van der Waals surface area (Å²) in [5, 5.41) is 0. The fourth-order valence-corrected chi connectivity index (χ4v) is 5.75. The lowest BCUT2D eigenvalue weighted by Crippen LogP contribution is -2.56. The van der Waals surface area contributed by atoms with E-state index in [9.17, 15) is 0 Å². The fourth-order valence-electron chi connectivity index (χ4n) is 5.75. The number of hydrogen-bond donors (Lipinski definition) is 0. The van der Waals surface area contributed by atoms with Gasteiger partial charge in [0.15, 0.2) is 0 Å². The molecule has 6 nitrogen and oxygen atoms in total. The molecular formula is C24H42N6. The summed E-state index contributed by atoms with van der Waals surface area (Å²) < 4.78 is 0. The molecule has 0 aromatic carbocycles. The van der Waals surface area contributed by atoms with E-state index in [0.29, 0.717) is 18.1 Å². The van der Waals surface area contributed by atoms with Gasteiger partial charge in [0.25, 0.3) is 0 Å². The highest BCUT2D eigenvalue weighted by Crippen LogP contribution is 2.33. The minimum Gasteiger partial charge on any atom is -0.332 e. The van der Waals surface area contributed by atoms with Crippen LogP contribution in [0, 0.1) is 5.92 Å². The largest absolute Gasteiger partial charge is 0.332 e. The van der Waals surface area contributed by atoms with Crippen LogP contribution in [0.1, 0.15) is 58.9 Å². The van der Waals surface area contributed by atoms with E-state index >= 15 is 0 Å². The lowest BCUT2D eigenvalue weighted by atomic mass is 10.0. The van der Waals surface area contributed by atoms with Crippen molar-refractivity contribution in [2.24, 2.45) is 5.92 Å². The standard InChI is InChI=1S/C24H42N6/c1-18(2)14-27(5)21-8-10-28(11-9-21)15-20-12-25-24(26-13-20)30-22-6-7-23(30)17-29(16-22)19(3)4/h12-13,18-19,21-23H,6-11,14-17H2,1-5H3. The van der Waals surface area contributed by atoms with Gasteiger partial charge < -0.3 is 9.80 Å². The molecule has 0 spiro atoms. The van der Waals surface area contributed by atoms with Crippen molar-refractivity contribution in [3.63, 3.8) is 0 Å². The second-order valence-electron chi connectivity index (χ2n) is 10.6. The van der Waals surface area contributed by atoms with Crippen molar-refractivity contribution in [2.45, 2.75) is 84.1 Å². The van der Waals surface area contributed by atoms with Gasteiger partial charge in [0.05, 0.1) is 0 Å². The van der Waals surface area contributed by atoms with Gasteiger partial charge in [-0.1, -0.05) is 13.8 Å². The predicted octanol–water partition coefficient (Wildman–Crippen LogP) is 3.09. The van der Waals surface area contributed by atoms with Crippen molar-refractivity contribution in [3.8, 4) is 0 Å². The average Bonchev–Trinajstić information content (AvgIpc) is 2.97. The Bertz CT molecular complexity index is 653. The molecule has 2 bridgehead atoms. The van der Waals surface area contributed by atoms with E-state index in [1.165, 1.54) is 50.9 Å². The molecular weight excluding hydrogens is 372 g/mol. The molecule has 4 heterocycles. The molecule has 3 aliphatic heterocycles. The zero-order chi connectivity index (χ0) is 21.3. The molecule has 0 aliphatic carbocycles. The van der Waals surface area contributed by atoms with E-state index in [2.05, 4.69) is 66.7 Å². The first-order valence-corrected chi connectivity index (χ1v) is 12.2. The van der Waals surface area contributed by atoms with Crippen LogP contribution in [-0.2, 0) is 6.54 Å². The Kier molecular flexibility index (Phi) is 6.95. The van der Waals surface area contributed by atoms with Gasteiger partial charge in [-0.05, 0) is 65.6 Å². The normalized spacial score (nSPS) is 26.5. The lowest BCUT2D eigenvalue weighted by Gasteiger charge is -2.42. The quantitative estimate of drug-likeness (QED) is 0.683. The van der Waals surface area contributed by atoms with Crippen LogP contribution in [0.15, 0.2) is 12.4 Å². The zero-order valence-electron chi connectivity index (χ0n) is 19.8. The summed E-state index contributed by atoms with van der Waals surface area (Å²) in [6.07, 6.45) is 9.25. The zero-order valence-corrected chi connectivity index (χ0v) is 19.8. The van der Waals surface area contributed by atoms with Gasteiger partial charge in [-0.25, -0.2) is 9.97 Å². The molecule has 2 unspecified atom stereocenters. The number of piperazine rings is 1. The van der Waals surface area contributed by atoms with Gasteiger partial charge in [-0.3, -0.25) is 9.80 Å². The predicted molar refractivity (Wildman–Crippen MR) is 124 cm³/mol. The number of hydrogen-bond acceptors (Lipinski definition) is 6. The molecule has 2 atom stereocenters. The number of rotatable bonds is 7. The Morgan fingerprint density at radius 3 is 2.10 bits per heavy atom. The summed E-state index contributed by atoms with van der Waals surface area (Å²) in [5.74, 6) is 1.69. The molecule has 6 heteroatoms. The summed E-state index contributed by atoms with van der Waals surface area (Å²) >= 11 is 0. The number of nitrogens with zero attached hydrogens (tertiary/aromatic N) is 6. The van der Waals surface area contributed by atoms with Gasteiger partial charge >= 0.3 is 0 Å². The molecule has 3 aliphatic rings. The summed E-state index contributed by atoms with van der Waals surface area (Å²) in [4.78, 5) is 19.9. The maximum Gasteiger partial charge on any atom is 0.225 e. The number of fused-ring (bicyclic) bond motifs is 2. The lowest BCUT2D eigenvalue weighted by molar-refractivity contribution is 0.115. The highest BCUT2D eigenvalue weighted by atomic mass is 15.4. The van der Waals surface area contributed by atoms with E-state index < -0.39 is 0 Å². The fraction of sp³-hybridized carbons (Fsp3) is 0.833. The van der Waals surface area contributed by atoms with E-state index in [-0.39, 0.29) is 0 Å². The first-order valence-electron chi connectivity index (χ1n) is 12.2.